The van der Waals surface area contributed by atoms with E-state index in [1.54, 1.807) is 0 Å². The molecular formula is C12H27N3O2S. The fourth-order valence-electron chi connectivity index (χ4n) is 2.37. The van der Waals surface area contributed by atoms with Gasteiger partial charge in [0.15, 0.2) is 0 Å². The van der Waals surface area contributed by atoms with Crippen LogP contribution >= 0.6 is 0 Å². The molecule has 0 aromatic rings. The van der Waals surface area contributed by atoms with Crippen molar-refractivity contribution in [3.05, 3.63) is 0 Å². The van der Waals surface area contributed by atoms with Gasteiger partial charge in [0.1, 0.15) is 0 Å². The van der Waals surface area contributed by atoms with Crippen LogP contribution in [0.4, 0.5) is 0 Å². The van der Waals surface area contributed by atoms with E-state index in [0.717, 1.165) is 13.0 Å². The predicted molar refractivity (Wildman–Crippen MR) is 75.2 cm³/mol. The van der Waals surface area contributed by atoms with Crippen LogP contribution in [0.5, 0.6) is 0 Å². The van der Waals surface area contributed by atoms with E-state index >= 15 is 0 Å². The Bertz CT molecular complexity index is 311. The maximum Gasteiger partial charge on any atom is 0.208 e. The fraction of sp³-hybridized carbons (Fsp3) is 1.00. The molecule has 0 amide bonds. The third-order valence-corrected chi connectivity index (χ3v) is 4.01. The second kappa shape index (κ2) is 8.09. The van der Waals surface area contributed by atoms with Crippen LogP contribution < -0.4 is 15.4 Å². The van der Waals surface area contributed by atoms with Crippen molar-refractivity contribution >= 4 is 10.0 Å². The molecule has 3 N–H and O–H groups in total. The Hall–Kier alpha value is -0.170. The summed E-state index contributed by atoms with van der Waals surface area (Å²) in [4.78, 5) is 0. The highest BCUT2D eigenvalue weighted by Gasteiger charge is 2.14. The Kier molecular flexibility index (Phi) is 7.14. The normalized spacial score (nSPS) is 23.6. The van der Waals surface area contributed by atoms with Gasteiger partial charge in [-0.15, -0.1) is 0 Å². The number of hydrogen-bond acceptors (Lipinski definition) is 4. The van der Waals surface area contributed by atoms with E-state index in [-0.39, 0.29) is 0 Å². The highest BCUT2D eigenvalue weighted by atomic mass is 32.2. The minimum Gasteiger partial charge on any atom is -0.314 e. The monoisotopic (exact) mass is 277 g/mol. The van der Waals surface area contributed by atoms with Crippen LogP contribution in [0.2, 0.25) is 0 Å². The summed E-state index contributed by atoms with van der Waals surface area (Å²) < 4.78 is 24.2. The third kappa shape index (κ3) is 8.02. The van der Waals surface area contributed by atoms with Crippen molar-refractivity contribution in [3.63, 3.8) is 0 Å². The van der Waals surface area contributed by atoms with E-state index in [1.807, 2.05) is 0 Å². The highest BCUT2D eigenvalue weighted by Crippen LogP contribution is 2.12. The number of sulfonamides is 1. The van der Waals surface area contributed by atoms with Gasteiger partial charge in [0.2, 0.25) is 10.0 Å². The topological polar surface area (TPSA) is 70.2 Å². The Morgan fingerprint density at radius 2 is 2.06 bits per heavy atom. The van der Waals surface area contributed by atoms with E-state index in [0.29, 0.717) is 25.2 Å². The quantitative estimate of drug-likeness (QED) is 0.591. The number of rotatable bonds is 7. The molecule has 18 heavy (non-hydrogen) atoms. The van der Waals surface area contributed by atoms with E-state index in [4.69, 9.17) is 0 Å². The molecule has 1 aliphatic heterocycles. The lowest BCUT2D eigenvalue weighted by Gasteiger charge is -2.21. The van der Waals surface area contributed by atoms with Crippen LogP contribution in [0.1, 0.15) is 39.0 Å². The summed E-state index contributed by atoms with van der Waals surface area (Å²) in [7, 11) is -3.06. The molecule has 0 saturated carbocycles. The van der Waals surface area contributed by atoms with Crippen molar-refractivity contribution in [1.82, 2.24) is 15.4 Å². The van der Waals surface area contributed by atoms with Crippen LogP contribution in [0.25, 0.3) is 0 Å². The van der Waals surface area contributed by atoms with Crippen molar-refractivity contribution in [3.8, 4) is 0 Å². The number of nitrogens with one attached hydrogen (secondary N) is 3. The average Bonchev–Trinajstić information content (AvgIpc) is 2.52. The Labute approximate surface area is 111 Å². The van der Waals surface area contributed by atoms with Gasteiger partial charge in [0.25, 0.3) is 0 Å². The summed E-state index contributed by atoms with van der Waals surface area (Å²) in [5.41, 5.74) is 0. The smallest absolute Gasteiger partial charge is 0.208 e. The van der Waals surface area contributed by atoms with Gasteiger partial charge in [-0.05, 0) is 32.7 Å². The molecule has 1 saturated heterocycles. The van der Waals surface area contributed by atoms with Gasteiger partial charge in [-0.2, -0.15) is 0 Å². The van der Waals surface area contributed by atoms with Crippen molar-refractivity contribution < 1.29 is 8.42 Å². The van der Waals surface area contributed by atoms with Crippen molar-refractivity contribution in [1.29, 1.82) is 0 Å². The minimum atomic E-state index is -3.06. The van der Waals surface area contributed by atoms with Gasteiger partial charge >= 0.3 is 0 Å². The second-order valence-electron chi connectivity index (χ2n) is 5.26. The lowest BCUT2D eigenvalue weighted by molar-refractivity contribution is 0.404. The molecule has 1 aliphatic rings. The van der Waals surface area contributed by atoms with E-state index in [1.165, 1.54) is 31.9 Å². The molecule has 5 nitrogen and oxygen atoms in total. The number of hydrogen-bond donors (Lipinski definition) is 3. The first kappa shape index (κ1) is 15.9. The Morgan fingerprint density at radius 3 is 2.78 bits per heavy atom. The molecule has 0 bridgehead atoms. The molecular weight excluding hydrogens is 250 g/mol. The third-order valence-electron chi connectivity index (χ3n) is 3.28. The van der Waals surface area contributed by atoms with Gasteiger partial charge in [0, 0.05) is 25.2 Å². The molecule has 1 fully saturated rings. The van der Waals surface area contributed by atoms with Gasteiger partial charge in [-0.25, -0.2) is 13.1 Å². The molecule has 1 rings (SSSR count). The van der Waals surface area contributed by atoms with Crippen molar-refractivity contribution in [2.45, 2.75) is 51.1 Å². The van der Waals surface area contributed by atoms with Crippen LogP contribution in [-0.4, -0.2) is 46.4 Å². The van der Waals surface area contributed by atoms with Crippen molar-refractivity contribution in [2.75, 3.05) is 25.9 Å². The first-order chi connectivity index (χ1) is 8.47. The largest absolute Gasteiger partial charge is 0.314 e. The average molecular weight is 277 g/mol. The van der Waals surface area contributed by atoms with Gasteiger partial charge in [0.05, 0.1) is 6.26 Å². The highest BCUT2D eigenvalue weighted by molar-refractivity contribution is 7.88. The lowest BCUT2D eigenvalue weighted by Crippen LogP contribution is -2.39. The standard InChI is InChI=1S/C12H27N3O2S/c1-11(13-8-9-15-18(2,16)17)10-12-6-4-3-5-7-14-12/h11-15H,3-10H2,1-2H3. The fourth-order valence-corrected chi connectivity index (χ4v) is 2.84. The Morgan fingerprint density at radius 1 is 1.28 bits per heavy atom. The molecule has 108 valence electrons. The zero-order valence-corrected chi connectivity index (χ0v) is 12.4. The molecule has 0 aromatic carbocycles. The summed E-state index contributed by atoms with van der Waals surface area (Å²) in [6.07, 6.45) is 7.50. The summed E-state index contributed by atoms with van der Waals surface area (Å²) in [5, 5.41) is 6.93. The molecule has 6 heteroatoms. The molecule has 0 spiro atoms. The summed E-state index contributed by atoms with van der Waals surface area (Å²) in [6, 6.07) is 1.03. The van der Waals surface area contributed by atoms with Gasteiger partial charge in [-0.3, -0.25) is 0 Å². The van der Waals surface area contributed by atoms with Gasteiger partial charge < -0.3 is 10.6 Å². The lowest BCUT2D eigenvalue weighted by atomic mass is 10.0. The van der Waals surface area contributed by atoms with E-state index in [2.05, 4.69) is 22.3 Å². The van der Waals surface area contributed by atoms with Crippen LogP contribution in [0, 0.1) is 0 Å². The van der Waals surface area contributed by atoms with Crippen LogP contribution in [-0.2, 0) is 10.0 Å². The summed E-state index contributed by atoms with van der Waals surface area (Å²) in [6.45, 7) is 4.43. The maximum absolute atomic E-state index is 10.9. The van der Waals surface area contributed by atoms with Crippen molar-refractivity contribution in [2.24, 2.45) is 0 Å². The predicted octanol–water partition coefficient (Wildman–Crippen LogP) is 0.436. The second-order valence-corrected chi connectivity index (χ2v) is 7.09. The SMILES string of the molecule is CC(CC1CCCCCN1)NCCNS(C)(=O)=O. The first-order valence-corrected chi connectivity index (χ1v) is 8.78. The van der Waals surface area contributed by atoms with Crippen LogP contribution in [0.15, 0.2) is 0 Å². The molecule has 0 aromatic heterocycles. The molecule has 1 heterocycles. The zero-order valence-electron chi connectivity index (χ0n) is 11.5. The van der Waals surface area contributed by atoms with E-state index in [9.17, 15) is 8.42 Å². The molecule has 0 radical (unpaired) electrons. The molecule has 2 unspecified atom stereocenters. The molecule has 2 atom stereocenters. The van der Waals surface area contributed by atoms with E-state index < -0.39 is 10.0 Å². The van der Waals surface area contributed by atoms with Crippen LogP contribution in [0.3, 0.4) is 0 Å². The first-order valence-electron chi connectivity index (χ1n) is 6.89. The minimum absolute atomic E-state index is 0.418. The molecule has 0 aliphatic carbocycles. The zero-order chi connectivity index (χ0) is 13.4. The summed E-state index contributed by atoms with van der Waals surface area (Å²) >= 11 is 0. The Balaban J connectivity index is 2.10. The summed E-state index contributed by atoms with van der Waals surface area (Å²) in [5.74, 6) is 0. The van der Waals surface area contributed by atoms with Gasteiger partial charge in [-0.1, -0.05) is 12.8 Å². The maximum atomic E-state index is 10.9.